The van der Waals surface area contributed by atoms with E-state index in [4.69, 9.17) is 30.6 Å². The fraction of sp³-hybridized carbons (Fsp3) is 0.560. The zero-order valence-corrected chi connectivity index (χ0v) is 34.8. The molecule has 3 rings (SSSR count). The summed E-state index contributed by atoms with van der Waals surface area (Å²) >= 11 is 0. The van der Waals surface area contributed by atoms with Crippen molar-refractivity contribution in [3.8, 4) is 29.6 Å². The van der Waals surface area contributed by atoms with E-state index in [0.717, 1.165) is 71.0 Å². The van der Waals surface area contributed by atoms with Crippen molar-refractivity contribution in [1.29, 1.82) is 0 Å². The summed E-state index contributed by atoms with van der Waals surface area (Å²) in [6.07, 6.45) is 37.1. The Morgan fingerprint density at radius 3 is 1.20 bits per heavy atom. The van der Waals surface area contributed by atoms with Crippen molar-refractivity contribution >= 4 is 23.8 Å². The predicted octanol–water partition coefficient (Wildman–Crippen LogP) is 14.9. The summed E-state index contributed by atoms with van der Waals surface area (Å²) in [6.45, 7) is 8.76. The molecule has 0 fully saturated rings. The first kappa shape index (κ1) is 45.4. The van der Waals surface area contributed by atoms with Gasteiger partial charge in [0, 0.05) is 29.1 Å². The molecule has 55 heavy (non-hydrogen) atoms. The van der Waals surface area contributed by atoms with Gasteiger partial charge in [0.2, 0.25) is 0 Å². The topological polar surface area (TPSA) is 52.4 Å². The number of benzene rings is 3. The van der Waals surface area contributed by atoms with Gasteiger partial charge in [0.25, 0.3) is 0 Å². The number of aliphatic imine (C=N–C) groups is 2. The normalized spacial score (nSPS) is 11.4. The molecule has 3 aromatic carbocycles. The van der Waals surface area contributed by atoms with Crippen LogP contribution in [0.3, 0.4) is 0 Å². The summed E-state index contributed by atoms with van der Waals surface area (Å²) < 4.78 is 19.0. The van der Waals surface area contributed by atoms with E-state index >= 15 is 0 Å². The highest BCUT2D eigenvalue weighted by atomic mass is 16.5. The molecular weight excluding hydrogens is 677 g/mol. The van der Waals surface area contributed by atoms with Gasteiger partial charge < -0.3 is 14.2 Å². The monoisotopic (exact) mass is 749 g/mol. The van der Waals surface area contributed by atoms with Crippen molar-refractivity contribution in [3.63, 3.8) is 0 Å². The molecule has 0 radical (unpaired) electrons. The van der Waals surface area contributed by atoms with Gasteiger partial charge in [0.1, 0.15) is 28.6 Å². The first-order valence-electron chi connectivity index (χ1n) is 22.0. The van der Waals surface area contributed by atoms with E-state index in [1.165, 1.54) is 116 Å². The van der Waals surface area contributed by atoms with Gasteiger partial charge in [-0.1, -0.05) is 173 Å². The molecule has 0 aliphatic heterocycles. The average molecular weight is 749 g/mol. The third kappa shape index (κ3) is 19.4. The Hall–Kier alpha value is -4.04. The van der Waals surface area contributed by atoms with Crippen LogP contribution >= 0.6 is 0 Å². The molecule has 0 atom stereocenters. The maximum atomic E-state index is 6.60. The second-order valence-electron chi connectivity index (χ2n) is 14.8. The van der Waals surface area contributed by atoms with Crippen LogP contribution in [0.4, 0.5) is 11.4 Å². The van der Waals surface area contributed by atoms with Crippen molar-refractivity contribution in [2.45, 2.75) is 162 Å². The Morgan fingerprint density at radius 2 is 0.818 bits per heavy atom. The Balaban J connectivity index is 1.77. The second-order valence-corrected chi connectivity index (χ2v) is 14.8. The molecule has 0 aliphatic rings. The fourth-order valence-corrected chi connectivity index (χ4v) is 6.66. The summed E-state index contributed by atoms with van der Waals surface area (Å²) in [5.41, 5.74) is 3.96. The number of unbranched alkanes of at least 4 members (excludes halogenated alkanes) is 19. The van der Waals surface area contributed by atoms with Crippen LogP contribution in [-0.4, -0.2) is 32.2 Å². The fourth-order valence-electron chi connectivity index (χ4n) is 6.66. The van der Waals surface area contributed by atoms with Crippen LogP contribution in [0.25, 0.3) is 0 Å². The minimum Gasteiger partial charge on any atom is -0.492 e. The van der Waals surface area contributed by atoms with Crippen molar-refractivity contribution < 1.29 is 14.2 Å². The minimum atomic E-state index is 0.615. The molecule has 0 heterocycles. The lowest BCUT2D eigenvalue weighted by molar-refractivity contribution is 0.303. The molecule has 0 aromatic heterocycles. The third-order valence-corrected chi connectivity index (χ3v) is 9.98. The molecule has 0 N–H and O–H groups in total. The Bertz CT molecular complexity index is 1450. The lowest BCUT2D eigenvalue weighted by Gasteiger charge is -2.14. The average Bonchev–Trinajstić information content (AvgIpc) is 3.21. The highest BCUT2D eigenvalue weighted by Crippen LogP contribution is 2.31. The predicted molar refractivity (Wildman–Crippen MR) is 237 cm³/mol. The maximum Gasteiger partial charge on any atom is 0.144 e. The van der Waals surface area contributed by atoms with Gasteiger partial charge >= 0.3 is 0 Å². The van der Waals surface area contributed by atoms with Crippen LogP contribution < -0.4 is 14.2 Å². The summed E-state index contributed by atoms with van der Waals surface area (Å²) in [6, 6.07) is 19.9. The van der Waals surface area contributed by atoms with Gasteiger partial charge in [-0.15, -0.1) is 6.42 Å². The molecule has 0 saturated heterocycles. The second kappa shape index (κ2) is 30.2. The van der Waals surface area contributed by atoms with E-state index in [1.54, 1.807) is 0 Å². The van der Waals surface area contributed by atoms with Gasteiger partial charge in [-0.25, -0.2) is 0 Å². The molecule has 300 valence electrons. The van der Waals surface area contributed by atoms with Crippen LogP contribution in [0.5, 0.6) is 17.2 Å². The molecule has 3 aromatic rings. The number of para-hydroxylation sites is 4. The van der Waals surface area contributed by atoms with Crippen molar-refractivity contribution in [1.82, 2.24) is 0 Å². The first-order valence-corrected chi connectivity index (χ1v) is 22.0. The van der Waals surface area contributed by atoms with Gasteiger partial charge in [-0.2, -0.15) is 0 Å². The number of terminal acetylenes is 1. The number of rotatable bonds is 32. The molecule has 0 spiro atoms. The van der Waals surface area contributed by atoms with Crippen LogP contribution in [0, 0.1) is 12.3 Å². The summed E-state index contributed by atoms with van der Waals surface area (Å²) in [7, 11) is 0. The Morgan fingerprint density at radius 1 is 0.473 bits per heavy atom. The summed E-state index contributed by atoms with van der Waals surface area (Å²) in [5, 5.41) is 0. The smallest absolute Gasteiger partial charge is 0.144 e. The SMILES string of the molecule is C#Cc1cc(C=Nc2ccccc2OCCCCCCCC)c(OCCCCCCCCCCCC)c(C=Nc2ccccc2OCCCCCCCC)c1. The van der Waals surface area contributed by atoms with Gasteiger partial charge in [0.05, 0.1) is 19.8 Å². The highest BCUT2D eigenvalue weighted by molar-refractivity contribution is 5.95. The molecule has 0 bridgehead atoms. The summed E-state index contributed by atoms with van der Waals surface area (Å²) in [5.74, 6) is 5.15. The van der Waals surface area contributed by atoms with Gasteiger partial charge in [-0.3, -0.25) is 9.98 Å². The molecule has 0 unspecified atom stereocenters. The zero-order chi connectivity index (χ0) is 39.0. The molecule has 0 aliphatic carbocycles. The number of nitrogens with zero attached hydrogens (tertiary/aromatic N) is 2. The van der Waals surface area contributed by atoms with Crippen LogP contribution in [0.2, 0.25) is 0 Å². The molecule has 5 heteroatoms. The third-order valence-electron chi connectivity index (χ3n) is 9.98. The largest absolute Gasteiger partial charge is 0.492 e. The number of ether oxygens (including phenoxy) is 3. The Kier molecular flexibility index (Phi) is 24.9. The van der Waals surface area contributed by atoms with Crippen LogP contribution in [0.15, 0.2) is 70.6 Å². The standard InChI is InChI=1S/C50H72N2O3/c1-5-9-12-15-18-19-20-21-24-31-38-55-50-44(41-51-46-32-25-27-34-48(46)53-36-29-22-16-13-10-6-2)39-43(8-4)40-45(50)42-52-47-33-26-28-35-49(47)54-37-30-23-17-14-11-7-3/h4,25-28,32-35,39-42H,5-7,9-24,29-31,36-38H2,1-3H3. The van der Waals surface area contributed by atoms with Crippen molar-refractivity contribution in [3.05, 3.63) is 77.4 Å². The first-order chi connectivity index (χ1) is 27.2. The van der Waals surface area contributed by atoms with Crippen LogP contribution in [-0.2, 0) is 0 Å². The summed E-state index contributed by atoms with van der Waals surface area (Å²) in [4.78, 5) is 9.86. The van der Waals surface area contributed by atoms with Crippen molar-refractivity contribution in [2.24, 2.45) is 9.98 Å². The maximum absolute atomic E-state index is 6.60. The van der Waals surface area contributed by atoms with E-state index in [0.29, 0.717) is 19.8 Å². The van der Waals surface area contributed by atoms with Crippen molar-refractivity contribution in [2.75, 3.05) is 19.8 Å². The van der Waals surface area contributed by atoms with E-state index in [2.05, 4.69) is 26.7 Å². The highest BCUT2D eigenvalue weighted by Gasteiger charge is 2.12. The van der Waals surface area contributed by atoms with Crippen LogP contribution in [0.1, 0.15) is 179 Å². The quantitative estimate of drug-likeness (QED) is 0.0363. The molecule has 0 saturated carbocycles. The van der Waals surface area contributed by atoms with E-state index < -0.39 is 0 Å². The van der Waals surface area contributed by atoms with E-state index in [-0.39, 0.29) is 0 Å². The Labute approximate surface area is 335 Å². The number of hydrogen-bond donors (Lipinski definition) is 0. The van der Waals surface area contributed by atoms with Gasteiger partial charge in [0.15, 0.2) is 0 Å². The lowest BCUT2D eigenvalue weighted by atomic mass is 10.0. The minimum absolute atomic E-state index is 0.615. The molecule has 0 amide bonds. The van der Waals surface area contributed by atoms with E-state index in [1.807, 2.05) is 73.1 Å². The molecular formula is C50H72N2O3. The zero-order valence-electron chi connectivity index (χ0n) is 34.8. The number of hydrogen-bond acceptors (Lipinski definition) is 5. The lowest BCUT2D eigenvalue weighted by Crippen LogP contribution is -2.04. The van der Waals surface area contributed by atoms with E-state index in [9.17, 15) is 0 Å². The van der Waals surface area contributed by atoms with Gasteiger partial charge in [-0.05, 0) is 55.7 Å². The molecule has 5 nitrogen and oxygen atoms in total.